The second-order valence-corrected chi connectivity index (χ2v) is 7.26. The van der Waals surface area contributed by atoms with Gasteiger partial charge in [0, 0.05) is 18.6 Å². The molecule has 0 aliphatic heterocycles. The molecule has 4 heteroatoms. The first-order chi connectivity index (χ1) is 13.1. The highest BCUT2D eigenvalue weighted by Gasteiger charge is 2.01. The van der Waals surface area contributed by atoms with Gasteiger partial charge in [-0.15, -0.1) is 6.58 Å². The first kappa shape index (κ1) is 25.4. The van der Waals surface area contributed by atoms with Crippen LogP contribution >= 0.6 is 0 Å². The second-order valence-electron chi connectivity index (χ2n) is 7.26. The van der Waals surface area contributed by atoms with E-state index in [2.05, 4.69) is 13.5 Å². The van der Waals surface area contributed by atoms with E-state index in [1.165, 1.54) is 64.2 Å². The molecular formula is C23H40O4. The molecule has 0 saturated carbocycles. The number of rotatable bonds is 18. The Bertz CT molecular complexity index is 426. The molecule has 0 spiro atoms. The van der Waals surface area contributed by atoms with Crippen molar-refractivity contribution in [1.29, 1.82) is 0 Å². The Morgan fingerprint density at radius 2 is 1.11 bits per heavy atom. The average Bonchev–Trinajstić information content (AvgIpc) is 2.63. The molecule has 0 aromatic heterocycles. The molecule has 0 aromatic carbocycles. The molecule has 0 atom stereocenters. The van der Waals surface area contributed by atoms with Gasteiger partial charge in [-0.3, -0.25) is 0 Å². The SMILES string of the molecule is C=C(C)CCOC(=O)/C=C/C(=O)OCCCCCCCCCCCCCC. The largest absolute Gasteiger partial charge is 0.463 e. The van der Waals surface area contributed by atoms with E-state index < -0.39 is 11.9 Å². The minimum absolute atomic E-state index is 0.284. The van der Waals surface area contributed by atoms with Crippen LogP contribution in [0.4, 0.5) is 0 Å². The summed E-state index contributed by atoms with van der Waals surface area (Å²) >= 11 is 0. The van der Waals surface area contributed by atoms with Gasteiger partial charge in [-0.25, -0.2) is 9.59 Å². The third-order valence-corrected chi connectivity index (χ3v) is 4.37. The fraction of sp³-hybridized carbons (Fsp3) is 0.739. The van der Waals surface area contributed by atoms with Gasteiger partial charge in [0.1, 0.15) is 0 Å². The molecule has 27 heavy (non-hydrogen) atoms. The molecule has 156 valence electrons. The lowest BCUT2D eigenvalue weighted by molar-refractivity contribution is -0.140. The summed E-state index contributed by atoms with van der Waals surface area (Å²) in [5.74, 6) is -1.02. The summed E-state index contributed by atoms with van der Waals surface area (Å²) in [5.41, 5.74) is 0.952. The maximum atomic E-state index is 11.5. The third kappa shape index (κ3) is 20.6. The summed E-state index contributed by atoms with van der Waals surface area (Å²) in [5, 5.41) is 0. The molecule has 0 aliphatic rings. The number of unbranched alkanes of at least 4 members (excludes halogenated alkanes) is 11. The summed E-state index contributed by atoms with van der Waals surface area (Å²) in [6.07, 6.45) is 18.1. The van der Waals surface area contributed by atoms with Crippen LogP contribution in [0.5, 0.6) is 0 Å². The molecule has 0 saturated heterocycles. The Kier molecular flexibility index (Phi) is 18.1. The zero-order valence-corrected chi connectivity index (χ0v) is 17.6. The molecule has 0 aliphatic carbocycles. The number of carbonyl (C=O) groups is 2. The van der Waals surface area contributed by atoms with Crippen LogP contribution in [0.1, 0.15) is 97.3 Å². The highest BCUT2D eigenvalue weighted by Crippen LogP contribution is 2.11. The van der Waals surface area contributed by atoms with E-state index in [9.17, 15) is 9.59 Å². The van der Waals surface area contributed by atoms with Crippen molar-refractivity contribution in [3.8, 4) is 0 Å². The van der Waals surface area contributed by atoms with E-state index in [0.717, 1.165) is 30.6 Å². The van der Waals surface area contributed by atoms with E-state index in [-0.39, 0.29) is 6.61 Å². The predicted molar refractivity (Wildman–Crippen MR) is 112 cm³/mol. The summed E-state index contributed by atoms with van der Waals surface area (Å²) in [6.45, 7) is 8.54. The molecule has 0 rings (SSSR count). The lowest BCUT2D eigenvalue weighted by Crippen LogP contribution is -2.06. The van der Waals surface area contributed by atoms with Crippen molar-refractivity contribution in [3.63, 3.8) is 0 Å². The summed E-state index contributed by atoms with van der Waals surface area (Å²) in [4.78, 5) is 22.9. The Balaban J connectivity index is 3.39. The van der Waals surface area contributed by atoms with E-state index in [4.69, 9.17) is 9.47 Å². The maximum Gasteiger partial charge on any atom is 0.331 e. The molecule has 4 nitrogen and oxygen atoms in total. The van der Waals surface area contributed by atoms with Gasteiger partial charge in [-0.05, 0) is 13.3 Å². The van der Waals surface area contributed by atoms with Crippen LogP contribution < -0.4 is 0 Å². The van der Waals surface area contributed by atoms with Crippen molar-refractivity contribution in [1.82, 2.24) is 0 Å². The van der Waals surface area contributed by atoms with Gasteiger partial charge in [-0.2, -0.15) is 0 Å². The van der Waals surface area contributed by atoms with Crippen molar-refractivity contribution in [2.45, 2.75) is 97.3 Å². The van der Waals surface area contributed by atoms with Gasteiger partial charge >= 0.3 is 11.9 Å². The molecule has 0 radical (unpaired) electrons. The quantitative estimate of drug-likeness (QED) is 0.121. The number of carbonyl (C=O) groups excluding carboxylic acids is 2. The lowest BCUT2D eigenvalue weighted by atomic mass is 10.1. The molecule has 0 N–H and O–H groups in total. The normalized spacial score (nSPS) is 10.9. The van der Waals surface area contributed by atoms with Crippen molar-refractivity contribution in [3.05, 3.63) is 24.3 Å². The minimum Gasteiger partial charge on any atom is -0.463 e. The number of hydrogen-bond acceptors (Lipinski definition) is 4. The van der Waals surface area contributed by atoms with Crippen molar-refractivity contribution in [2.75, 3.05) is 13.2 Å². The summed E-state index contributed by atoms with van der Waals surface area (Å²) in [6, 6.07) is 0. The monoisotopic (exact) mass is 380 g/mol. The van der Waals surface area contributed by atoms with Crippen LogP contribution in [-0.2, 0) is 19.1 Å². The lowest BCUT2D eigenvalue weighted by Gasteiger charge is -2.04. The fourth-order valence-electron chi connectivity index (χ4n) is 2.67. The summed E-state index contributed by atoms with van der Waals surface area (Å²) < 4.78 is 10.0. The van der Waals surface area contributed by atoms with E-state index in [1.54, 1.807) is 0 Å². The van der Waals surface area contributed by atoms with Crippen molar-refractivity contribution in [2.24, 2.45) is 0 Å². The van der Waals surface area contributed by atoms with E-state index >= 15 is 0 Å². The maximum absolute atomic E-state index is 11.5. The van der Waals surface area contributed by atoms with Crippen LogP contribution in [0, 0.1) is 0 Å². The average molecular weight is 381 g/mol. The molecule has 0 heterocycles. The van der Waals surface area contributed by atoms with Crippen LogP contribution in [0.2, 0.25) is 0 Å². The number of hydrogen-bond donors (Lipinski definition) is 0. The van der Waals surface area contributed by atoms with E-state index in [1.807, 2.05) is 6.92 Å². The Hall–Kier alpha value is -1.58. The Labute approximate surface area is 166 Å². The highest BCUT2D eigenvalue weighted by molar-refractivity contribution is 5.91. The fourth-order valence-corrected chi connectivity index (χ4v) is 2.67. The minimum atomic E-state index is -0.529. The smallest absolute Gasteiger partial charge is 0.331 e. The van der Waals surface area contributed by atoms with Crippen LogP contribution in [0.15, 0.2) is 24.3 Å². The second kappa shape index (κ2) is 19.2. The van der Waals surface area contributed by atoms with Crippen LogP contribution in [0.3, 0.4) is 0 Å². The predicted octanol–water partition coefficient (Wildman–Crippen LogP) is 6.30. The third-order valence-electron chi connectivity index (χ3n) is 4.37. The molecule has 0 amide bonds. The highest BCUT2D eigenvalue weighted by atomic mass is 16.5. The van der Waals surface area contributed by atoms with Crippen LogP contribution in [-0.4, -0.2) is 25.2 Å². The molecule has 0 aromatic rings. The molecule has 0 fully saturated rings. The number of esters is 2. The first-order valence-electron chi connectivity index (χ1n) is 10.7. The Morgan fingerprint density at radius 1 is 0.704 bits per heavy atom. The van der Waals surface area contributed by atoms with Crippen molar-refractivity contribution >= 4 is 11.9 Å². The van der Waals surface area contributed by atoms with Crippen LogP contribution in [0.25, 0.3) is 0 Å². The topological polar surface area (TPSA) is 52.6 Å². The molecular weight excluding hydrogens is 340 g/mol. The molecule has 0 unspecified atom stereocenters. The van der Waals surface area contributed by atoms with Gasteiger partial charge in [-0.1, -0.05) is 83.1 Å². The van der Waals surface area contributed by atoms with Gasteiger partial charge in [0.15, 0.2) is 0 Å². The van der Waals surface area contributed by atoms with E-state index in [0.29, 0.717) is 13.0 Å². The van der Waals surface area contributed by atoms with Gasteiger partial charge < -0.3 is 9.47 Å². The molecule has 0 bridgehead atoms. The number of ether oxygens (including phenoxy) is 2. The first-order valence-corrected chi connectivity index (χ1v) is 10.7. The summed E-state index contributed by atoms with van der Waals surface area (Å²) in [7, 11) is 0. The standard InChI is InChI=1S/C23H40O4/c1-4-5-6-7-8-9-10-11-12-13-14-15-19-26-22(24)16-17-23(25)27-20-18-21(2)3/h16-17H,2,4-15,18-20H2,1,3H3/b17-16+. The Morgan fingerprint density at radius 3 is 1.56 bits per heavy atom. The van der Waals surface area contributed by atoms with Gasteiger partial charge in [0.25, 0.3) is 0 Å². The zero-order valence-electron chi connectivity index (χ0n) is 17.6. The van der Waals surface area contributed by atoms with Gasteiger partial charge in [0.05, 0.1) is 13.2 Å². The zero-order chi connectivity index (χ0) is 20.2. The van der Waals surface area contributed by atoms with Crippen molar-refractivity contribution < 1.29 is 19.1 Å². The van der Waals surface area contributed by atoms with Gasteiger partial charge in [0.2, 0.25) is 0 Å².